The van der Waals surface area contributed by atoms with Gasteiger partial charge in [0.2, 0.25) is 23.6 Å². The van der Waals surface area contributed by atoms with Gasteiger partial charge in [0.25, 0.3) is 0 Å². The SMILES string of the molecule is O=C1[C@H]2[C@H]3C=C[C@@H]([C@@H]2C(=O)N1c1cccc2ccccc12)[C@H]1[C@H]2C(=O)N(c4cccc5ccccc45)C(=O)[C@@H]2[C@H]31. The lowest BCUT2D eigenvalue weighted by molar-refractivity contribution is -0.166. The van der Waals surface area contributed by atoms with Crippen molar-refractivity contribution in [1.82, 2.24) is 0 Å². The third-order valence-corrected chi connectivity index (χ3v) is 10.4. The normalized spacial score (nSPS) is 33.5. The van der Waals surface area contributed by atoms with Crippen molar-refractivity contribution < 1.29 is 19.2 Å². The molecule has 2 saturated carbocycles. The molecule has 2 bridgehead atoms. The molecule has 4 aromatic carbocycles. The Kier molecular flexibility index (Phi) is 4.19. The highest BCUT2D eigenvalue weighted by molar-refractivity contribution is 6.27. The van der Waals surface area contributed by atoms with E-state index in [2.05, 4.69) is 12.2 Å². The molecule has 4 aromatic rings. The Morgan fingerprint density at radius 3 is 1.25 bits per heavy atom. The van der Waals surface area contributed by atoms with Crippen molar-refractivity contribution in [3.63, 3.8) is 0 Å². The fourth-order valence-corrected chi connectivity index (χ4v) is 8.88. The van der Waals surface area contributed by atoms with Gasteiger partial charge in [0.1, 0.15) is 0 Å². The van der Waals surface area contributed by atoms with Crippen LogP contribution in [0.3, 0.4) is 0 Å². The summed E-state index contributed by atoms with van der Waals surface area (Å²) < 4.78 is 0. The molecule has 0 spiro atoms. The number of hydrogen-bond acceptors (Lipinski definition) is 4. The lowest BCUT2D eigenvalue weighted by Gasteiger charge is -2.60. The van der Waals surface area contributed by atoms with Crippen LogP contribution in [0.1, 0.15) is 0 Å². The zero-order chi connectivity index (χ0) is 26.9. The summed E-state index contributed by atoms with van der Waals surface area (Å²) in [5.74, 6) is -3.32. The topological polar surface area (TPSA) is 74.8 Å². The molecular weight excluding hydrogens is 500 g/mol. The fraction of sp³-hybridized carbons (Fsp3) is 0.235. The number of amides is 4. The first-order chi connectivity index (χ1) is 19.6. The van der Waals surface area contributed by atoms with E-state index in [9.17, 15) is 19.2 Å². The van der Waals surface area contributed by atoms with E-state index in [0.717, 1.165) is 21.5 Å². The molecule has 2 aliphatic heterocycles. The summed E-state index contributed by atoms with van der Waals surface area (Å²) in [6.07, 6.45) is 4.11. The third kappa shape index (κ3) is 2.50. The number of carbonyl (C=O) groups excluding carboxylic acids is 4. The minimum Gasteiger partial charge on any atom is -0.274 e. The monoisotopic (exact) mass is 524 g/mol. The van der Waals surface area contributed by atoms with Crippen molar-refractivity contribution in [1.29, 1.82) is 0 Å². The number of imide groups is 2. The number of allylic oxidation sites excluding steroid dienone is 2. The van der Waals surface area contributed by atoms with Gasteiger partial charge in [-0.15, -0.1) is 0 Å². The second-order valence-electron chi connectivity index (χ2n) is 11.8. The van der Waals surface area contributed by atoms with Gasteiger partial charge in [-0.05, 0) is 46.6 Å². The Morgan fingerprint density at radius 1 is 0.425 bits per heavy atom. The van der Waals surface area contributed by atoms with E-state index >= 15 is 0 Å². The van der Waals surface area contributed by atoms with Crippen LogP contribution in [0.25, 0.3) is 21.5 Å². The van der Waals surface area contributed by atoms with Gasteiger partial charge in [-0.3, -0.25) is 19.2 Å². The summed E-state index contributed by atoms with van der Waals surface area (Å²) in [7, 11) is 0. The van der Waals surface area contributed by atoms with Gasteiger partial charge in [0.05, 0.1) is 35.0 Å². The van der Waals surface area contributed by atoms with Crippen molar-refractivity contribution in [3.8, 4) is 0 Å². The van der Waals surface area contributed by atoms with Crippen molar-refractivity contribution in [2.45, 2.75) is 0 Å². The number of anilines is 2. The third-order valence-electron chi connectivity index (χ3n) is 10.4. The first-order valence-electron chi connectivity index (χ1n) is 14.0. The Hall–Kier alpha value is -4.58. The summed E-state index contributed by atoms with van der Waals surface area (Å²) in [6, 6.07) is 26.9. The number of benzene rings is 4. The highest BCUT2D eigenvalue weighted by Gasteiger charge is 2.75. The van der Waals surface area contributed by atoms with Crippen LogP contribution in [-0.2, 0) is 19.2 Å². The standard InChI is InChI=1S/C34H24N2O4/c37-31-27-21-15-16-22(28(27)32(38)35(31)23-13-5-9-17-7-1-3-11-19(17)23)26-25(21)29-30(26)34(40)36(33(29)39)24-14-6-10-18-8-2-4-12-20(18)24/h1-16,21-22,25-30H/t21-,22+,25-,26-,27+,28+,29-,30-/m1/s1. The second kappa shape index (κ2) is 7.54. The van der Waals surface area contributed by atoms with Crippen LogP contribution in [-0.4, -0.2) is 23.6 Å². The summed E-state index contributed by atoms with van der Waals surface area (Å²) >= 11 is 0. The van der Waals surface area contributed by atoms with E-state index < -0.39 is 23.7 Å². The molecule has 194 valence electrons. The minimum atomic E-state index is -0.502. The van der Waals surface area contributed by atoms with Crippen molar-refractivity contribution in [3.05, 3.63) is 97.1 Å². The van der Waals surface area contributed by atoms with E-state index in [1.165, 1.54) is 9.80 Å². The maximum atomic E-state index is 14.0. The maximum Gasteiger partial charge on any atom is 0.238 e. The van der Waals surface area contributed by atoms with Crippen LogP contribution >= 0.6 is 0 Å². The lowest BCUT2D eigenvalue weighted by Crippen LogP contribution is -2.63. The summed E-state index contributed by atoms with van der Waals surface area (Å²) in [5.41, 5.74) is 1.23. The van der Waals surface area contributed by atoms with Gasteiger partial charge >= 0.3 is 0 Å². The summed E-state index contributed by atoms with van der Waals surface area (Å²) in [6.45, 7) is 0. The number of fused-ring (bicyclic) bond motifs is 3. The lowest BCUT2D eigenvalue weighted by atomic mass is 9.40. The molecule has 0 N–H and O–H groups in total. The molecule has 6 aliphatic rings. The zero-order valence-electron chi connectivity index (χ0n) is 21.4. The zero-order valence-corrected chi connectivity index (χ0v) is 21.4. The maximum absolute atomic E-state index is 14.0. The molecule has 6 heteroatoms. The molecule has 2 heterocycles. The predicted octanol–water partition coefficient (Wildman–Crippen LogP) is 4.97. The molecule has 8 atom stereocenters. The van der Waals surface area contributed by atoms with E-state index in [1.807, 2.05) is 84.9 Å². The highest BCUT2D eigenvalue weighted by atomic mass is 16.2. The first-order valence-corrected chi connectivity index (χ1v) is 14.0. The van der Waals surface area contributed by atoms with E-state index in [1.54, 1.807) is 0 Å². The van der Waals surface area contributed by atoms with Gasteiger partial charge in [0, 0.05) is 10.8 Å². The number of rotatable bonds is 2. The first kappa shape index (κ1) is 22.3. The molecule has 10 rings (SSSR count). The molecule has 0 radical (unpaired) electrons. The van der Waals surface area contributed by atoms with Gasteiger partial charge in [-0.2, -0.15) is 0 Å². The number of carbonyl (C=O) groups is 4. The Balaban J connectivity index is 1.11. The minimum absolute atomic E-state index is 0.109. The van der Waals surface area contributed by atoms with Crippen LogP contribution in [0.5, 0.6) is 0 Å². The van der Waals surface area contributed by atoms with Crippen molar-refractivity contribution in [2.75, 3.05) is 9.80 Å². The summed E-state index contributed by atoms with van der Waals surface area (Å²) in [4.78, 5) is 58.7. The van der Waals surface area contributed by atoms with Crippen LogP contribution in [0.4, 0.5) is 11.4 Å². The van der Waals surface area contributed by atoms with E-state index in [0.29, 0.717) is 11.4 Å². The Morgan fingerprint density at radius 2 is 0.800 bits per heavy atom. The molecular formula is C34H24N2O4. The second-order valence-corrected chi connectivity index (χ2v) is 11.8. The molecule has 2 saturated heterocycles. The molecule has 6 nitrogen and oxygen atoms in total. The molecule has 0 aromatic heterocycles. The van der Waals surface area contributed by atoms with Crippen LogP contribution in [0.2, 0.25) is 0 Å². The highest BCUT2D eigenvalue weighted by Crippen LogP contribution is 2.68. The van der Waals surface area contributed by atoms with Gasteiger partial charge in [-0.25, -0.2) is 9.80 Å². The largest absolute Gasteiger partial charge is 0.274 e. The number of nitrogens with zero attached hydrogens (tertiary/aromatic N) is 2. The van der Waals surface area contributed by atoms with Gasteiger partial charge < -0.3 is 0 Å². The van der Waals surface area contributed by atoms with E-state index in [-0.39, 0.29) is 47.3 Å². The Bertz CT molecular complexity index is 1810. The quantitative estimate of drug-likeness (QED) is 0.274. The van der Waals surface area contributed by atoms with Crippen LogP contribution in [0, 0.1) is 47.3 Å². The molecule has 0 unspecified atom stereocenters. The number of hydrogen-bond donors (Lipinski definition) is 0. The van der Waals surface area contributed by atoms with Crippen molar-refractivity contribution in [2.24, 2.45) is 47.3 Å². The average Bonchev–Trinajstić information content (AvgIpc) is 3.36. The molecule has 4 amide bonds. The van der Waals surface area contributed by atoms with Gasteiger partial charge in [0.15, 0.2) is 0 Å². The van der Waals surface area contributed by atoms with Gasteiger partial charge in [-0.1, -0.05) is 84.9 Å². The van der Waals surface area contributed by atoms with Crippen LogP contribution < -0.4 is 9.80 Å². The molecule has 4 aliphatic carbocycles. The van der Waals surface area contributed by atoms with Crippen molar-refractivity contribution >= 4 is 56.5 Å². The summed E-state index contributed by atoms with van der Waals surface area (Å²) in [5, 5.41) is 3.67. The average molecular weight is 525 g/mol. The van der Waals surface area contributed by atoms with Crippen LogP contribution in [0.15, 0.2) is 97.1 Å². The Labute approximate surface area is 229 Å². The predicted molar refractivity (Wildman–Crippen MR) is 150 cm³/mol. The molecule has 40 heavy (non-hydrogen) atoms. The molecule has 4 fully saturated rings. The fourth-order valence-electron chi connectivity index (χ4n) is 8.88. The van der Waals surface area contributed by atoms with E-state index in [4.69, 9.17) is 0 Å². The smallest absolute Gasteiger partial charge is 0.238 e.